The third-order valence-electron chi connectivity index (χ3n) is 3.19. The highest BCUT2D eigenvalue weighted by Gasteiger charge is 2.15. The molecule has 23 heavy (non-hydrogen) atoms. The Morgan fingerprint density at radius 3 is 2.48 bits per heavy atom. The Kier molecular flexibility index (Phi) is 3.87. The van der Waals surface area contributed by atoms with Gasteiger partial charge in [0.15, 0.2) is 23.1 Å². The van der Waals surface area contributed by atoms with Crippen molar-refractivity contribution in [2.45, 2.75) is 0 Å². The van der Waals surface area contributed by atoms with Gasteiger partial charge in [-0.3, -0.25) is 0 Å². The molecule has 0 aliphatic carbocycles. The fourth-order valence-corrected chi connectivity index (χ4v) is 2.31. The van der Waals surface area contributed by atoms with Gasteiger partial charge in [-0.25, -0.2) is 18.7 Å². The zero-order chi connectivity index (χ0) is 16.6. The first-order valence-electron chi connectivity index (χ1n) is 6.43. The first-order valence-corrected chi connectivity index (χ1v) is 6.80. The van der Waals surface area contributed by atoms with Gasteiger partial charge in [0.2, 0.25) is 0 Å². The predicted octanol–water partition coefficient (Wildman–Crippen LogP) is 4.02. The summed E-state index contributed by atoms with van der Waals surface area (Å²) in [5.74, 6) is -1.46. The molecule has 0 aliphatic heterocycles. The molecule has 3 aromatic rings. The number of nitrogens with one attached hydrogen (secondary N) is 1. The smallest absolute Gasteiger partial charge is 0.161 e. The Balaban J connectivity index is 2.14. The van der Waals surface area contributed by atoms with Crippen molar-refractivity contribution in [1.82, 2.24) is 9.97 Å². The summed E-state index contributed by atoms with van der Waals surface area (Å²) in [5.41, 5.74) is -0.00276. The highest BCUT2D eigenvalue weighted by atomic mass is 35.5. The molecule has 0 radical (unpaired) electrons. The molecular weight excluding hydrogens is 328 g/mol. The quantitative estimate of drug-likeness (QED) is 0.755. The number of phenolic OH excluding ortho intramolecular Hbond substituents is 1. The summed E-state index contributed by atoms with van der Waals surface area (Å²) >= 11 is 5.60. The van der Waals surface area contributed by atoms with Gasteiger partial charge in [0.1, 0.15) is 17.8 Å². The van der Waals surface area contributed by atoms with E-state index in [0.29, 0.717) is 10.9 Å². The maximum atomic E-state index is 13.9. The highest BCUT2D eigenvalue weighted by Crippen LogP contribution is 2.34. The summed E-state index contributed by atoms with van der Waals surface area (Å²) < 4.78 is 32.8. The van der Waals surface area contributed by atoms with Gasteiger partial charge < -0.3 is 15.2 Å². The van der Waals surface area contributed by atoms with Gasteiger partial charge in [-0.1, -0.05) is 11.6 Å². The molecule has 1 heterocycles. The third kappa shape index (κ3) is 2.83. The molecule has 118 valence electrons. The lowest BCUT2D eigenvalue weighted by molar-refractivity contribution is 0.374. The van der Waals surface area contributed by atoms with Gasteiger partial charge in [-0.2, -0.15) is 0 Å². The van der Waals surface area contributed by atoms with Crippen LogP contribution in [-0.2, 0) is 0 Å². The number of benzene rings is 2. The number of fused-ring (bicyclic) bond motifs is 1. The number of aromatic hydroxyl groups is 1. The molecule has 0 saturated carbocycles. The molecule has 5 nitrogen and oxygen atoms in total. The van der Waals surface area contributed by atoms with Gasteiger partial charge >= 0.3 is 0 Å². The van der Waals surface area contributed by atoms with Crippen LogP contribution in [0.15, 0.2) is 30.6 Å². The standard InChI is InChI=1S/C15H10ClF2N3O2/c1-23-13-4-8-11(5-12(13)22)19-6-20-15(8)21-14-9(17)2-7(16)3-10(14)18/h2-6,22H,1H3,(H,19,20,21). The number of hydrogen-bond donors (Lipinski definition) is 2. The van der Waals surface area contributed by atoms with E-state index in [9.17, 15) is 13.9 Å². The lowest BCUT2D eigenvalue weighted by Crippen LogP contribution is -2.01. The van der Waals surface area contributed by atoms with Crippen molar-refractivity contribution >= 4 is 34.0 Å². The molecule has 2 aromatic carbocycles. The normalized spacial score (nSPS) is 10.8. The molecule has 0 aliphatic rings. The number of rotatable bonds is 3. The Labute approximate surface area is 134 Å². The van der Waals surface area contributed by atoms with Gasteiger partial charge in [-0.05, 0) is 18.2 Å². The second kappa shape index (κ2) is 5.85. The number of methoxy groups -OCH3 is 1. The Morgan fingerprint density at radius 1 is 1.13 bits per heavy atom. The average Bonchev–Trinajstić information content (AvgIpc) is 2.50. The Hall–Kier alpha value is -2.67. The van der Waals surface area contributed by atoms with Crippen LogP contribution in [0.2, 0.25) is 5.02 Å². The zero-order valence-electron chi connectivity index (χ0n) is 11.8. The molecule has 0 unspecified atom stereocenters. The molecule has 0 atom stereocenters. The molecule has 0 fully saturated rings. The average molecular weight is 338 g/mol. The third-order valence-corrected chi connectivity index (χ3v) is 3.40. The van der Waals surface area contributed by atoms with Gasteiger partial charge in [0.25, 0.3) is 0 Å². The maximum absolute atomic E-state index is 13.9. The molecular formula is C15H10ClF2N3O2. The summed E-state index contributed by atoms with van der Waals surface area (Å²) in [4.78, 5) is 7.99. The van der Waals surface area contributed by atoms with Crippen molar-refractivity contribution in [3.8, 4) is 11.5 Å². The number of nitrogens with zero attached hydrogens (tertiary/aromatic N) is 2. The predicted molar refractivity (Wildman–Crippen MR) is 82.4 cm³/mol. The van der Waals surface area contributed by atoms with Crippen molar-refractivity contribution < 1.29 is 18.6 Å². The van der Waals surface area contributed by atoms with Crippen LogP contribution in [0.1, 0.15) is 0 Å². The van der Waals surface area contributed by atoms with Gasteiger partial charge in [0.05, 0.1) is 12.6 Å². The number of ether oxygens (including phenoxy) is 1. The molecule has 1 aromatic heterocycles. The van der Waals surface area contributed by atoms with Crippen molar-refractivity contribution in [3.63, 3.8) is 0 Å². The van der Waals surface area contributed by atoms with Crippen LogP contribution in [0.4, 0.5) is 20.3 Å². The summed E-state index contributed by atoms with van der Waals surface area (Å²) in [7, 11) is 1.39. The van der Waals surface area contributed by atoms with E-state index >= 15 is 0 Å². The van der Waals surface area contributed by atoms with E-state index in [2.05, 4.69) is 15.3 Å². The second-order valence-corrected chi connectivity index (χ2v) is 5.07. The minimum absolute atomic E-state index is 0.0512. The van der Waals surface area contributed by atoms with Crippen molar-refractivity contribution in [2.24, 2.45) is 0 Å². The molecule has 0 bridgehead atoms. The Bertz CT molecular complexity index is 882. The topological polar surface area (TPSA) is 67.3 Å². The maximum Gasteiger partial charge on any atom is 0.161 e. The van der Waals surface area contributed by atoms with E-state index < -0.39 is 11.6 Å². The van der Waals surface area contributed by atoms with Crippen molar-refractivity contribution in [3.05, 3.63) is 47.2 Å². The van der Waals surface area contributed by atoms with Crippen LogP contribution in [0.5, 0.6) is 11.5 Å². The van der Waals surface area contributed by atoms with E-state index in [1.54, 1.807) is 0 Å². The fraction of sp³-hybridized carbons (Fsp3) is 0.0667. The van der Waals surface area contributed by atoms with E-state index in [-0.39, 0.29) is 28.0 Å². The van der Waals surface area contributed by atoms with E-state index in [1.165, 1.54) is 25.6 Å². The fourth-order valence-electron chi connectivity index (χ4n) is 2.12. The van der Waals surface area contributed by atoms with Crippen LogP contribution in [0.25, 0.3) is 10.9 Å². The summed E-state index contributed by atoms with van der Waals surface area (Å²) in [6, 6.07) is 4.82. The minimum atomic E-state index is -0.854. The first-order chi connectivity index (χ1) is 11.0. The number of hydrogen-bond acceptors (Lipinski definition) is 5. The van der Waals surface area contributed by atoms with Crippen LogP contribution in [0.3, 0.4) is 0 Å². The van der Waals surface area contributed by atoms with Gasteiger partial charge in [0, 0.05) is 16.5 Å². The molecule has 8 heteroatoms. The molecule has 2 N–H and O–H groups in total. The van der Waals surface area contributed by atoms with Gasteiger partial charge in [-0.15, -0.1) is 0 Å². The molecule has 0 saturated heterocycles. The Morgan fingerprint density at radius 2 is 1.83 bits per heavy atom. The first kappa shape index (κ1) is 15.2. The lowest BCUT2D eigenvalue weighted by Gasteiger charge is -2.12. The number of phenols is 1. The van der Waals surface area contributed by atoms with Crippen LogP contribution >= 0.6 is 11.6 Å². The zero-order valence-corrected chi connectivity index (χ0v) is 12.5. The lowest BCUT2D eigenvalue weighted by atomic mass is 10.2. The number of aromatic nitrogens is 2. The van der Waals surface area contributed by atoms with Crippen LogP contribution in [-0.4, -0.2) is 22.2 Å². The molecule has 3 rings (SSSR count). The number of anilines is 2. The van der Waals surface area contributed by atoms with Crippen molar-refractivity contribution in [2.75, 3.05) is 12.4 Å². The van der Waals surface area contributed by atoms with Crippen molar-refractivity contribution in [1.29, 1.82) is 0 Å². The molecule has 0 amide bonds. The highest BCUT2D eigenvalue weighted by molar-refractivity contribution is 6.30. The SMILES string of the molecule is COc1cc2c(Nc3c(F)cc(Cl)cc3F)ncnc2cc1O. The largest absolute Gasteiger partial charge is 0.504 e. The van der Waals surface area contributed by atoms with E-state index in [4.69, 9.17) is 16.3 Å². The van der Waals surface area contributed by atoms with E-state index in [0.717, 1.165) is 12.1 Å². The van der Waals surface area contributed by atoms with Crippen LogP contribution in [0, 0.1) is 11.6 Å². The second-order valence-electron chi connectivity index (χ2n) is 4.63. The van der Waals surface area contributed by atoms with Crippen LogP contribution < -0.4 is 10.1 Å². The summed E-state index contributed by atoms with van der Waals surface area (Å²) in [6.07, 6.45) is 1.21. The number of halogens is 3. The molecule has 0 spiro atoms. The summed E-state index contributed by atoms with van der Waals surface area (Å²) in [5, 5.41) is 12.7. The monoisotopic (exact) mass is 337 g/mol. The summed E-state index contributed by atoms with van der Waals surface area (Å²) in [6.45, 7) is 0. The van der Waals surface area contributed by atoms with E-state index in [1.807, 2.05) is 0 Å². The minimum Gasteiger partial charge on any atom is -0.504 e.